The minimum Gasteiger partial charge on any atom is -0.343 e. The number of carbonyl (C=O) groups is 2. The van der Waals surface area contributed by atoms with Gasteiger partial charge < -0.3 is 10.2 Å². The van der Waals surface area contributed by atoms with Gasteiger partial charge in [-0.05, 0) is 25.0 Å². The molecule has 2 heterocycles. The molecule has 1 fully saturated rings. The Hall–Kier alpha value is -2.08. The van der Waals surface area contributed by atoms with Crippen LogP contribution >= 0.6 is 22.9 Å². The van der Waals surface area contributed by atoms with Gasteiger partial charge in [-0.3, -0.25) is 9.59 Å². The topological polar surface area (TPSA) is 121 Å². The first-order chi connectivity index (χ1) is 13.9. The van der Waals surface area contributed by atoms with Crippen LogP contribution in [0.25, 0.3) is 0 Å². The molecular weight excluding hydrogens is 438 g/mol. The van der Waals surface area contributed by atoms with E-state index in [2.05, 4.69) is 20.2 Å². The third kappa shape index (κ3) is 5.72. The van der Waals surface area contributed by atoms with Crippen molar-refractivity contribution in [2.75, 3.05) is 25.0 Å². The molecule has 9 nitrogen and oxygen atoms in total. The number of carbonyl (C=O) groups excluding carboxylic acids is 2. The summed E-state index contributed by atoms with van der Waals surface area (Å²) in [6, 6.07) is 6.12. The Labute approximate surface area is 177 Å². The van der Waals surface area contributed by atoms with Crippen molar-refractivity contribution >= 4 is 49.9 Å². The van der Waals surface area contributed by atoms with Crippen LogP contribution < -0.4 is 10.0 Å². The number of halogens is 1. The minimum atomic E-state index is -3.78. The van der Waals surface area contributed by atoms with Gasteiger partial charge in [0.15, 0.2) is 0 Å². The first-order valence-corrected chi connectivity index (χ1v) is 11.7. The summed E-state index contributed by atoms with van der Waals surface area (Å²) >= 11 is 7.17. The zero-order chi connectivity index (χ0) is 20.9. The van der Waals surface area contributed by atoms with E-state index in [1.165, 1.54) is 29.0 Å². The van der Waals surface area contributed by atoms with Gasteiger partial charge >= 0.3 is 0 Å². The van der Waals surface area contributed by atoms with Crippen LogP contribution in [-0.4, -0.2) is 55.0 Å². The van der Waals surface area contributed by atoms with Gasteiger partial charge in [-0.1, -0.05) is 35.1 Å². The third-order valence-electron chi connectivity index (χ3n) is 4.57. The van der Waals surface area contributed by atoms with E-state index in [9.17, 15) is 18.0 Å². The maximum absolute atomic E-state index is 12.4. The minimum absolute atomic E-state index is 0.0172. The number of nitrogens with one attached hydrogen (secondary N) is 2. The molecule has 0 aliphatic carbocycles. The SMILES string of the molecule is O=C(Nc1nncs1)C1CCN(C(=O)CCNS(=O)(=O)c2ccccc2Cl)CC1. The predicted molar refractivity (Wildman–Crippen MR) is 109 cm³/mol. The number of benzene rings is 1. The van der Waals surface area contributed by atoms with Crippen molar-refractivity contribution in [1.29, 1.82) is 0 Å². The molecule has 3 rings (SSSR count). The number of rotatable bonds is 7. The van der Waals surface area contributed by atoms with Gasteiger partial charge in [0.2, 0.25) is 27.0 Å². The molecule has 156 valence electrons. The number of hydrogen-bond acceptors (Lipinski definition) is 7. The van der Waals surface area contributed by atoms with Crippen LogP contribution in [0.4, 0.5) is 5.13 Å². The number of likely N-dealkylation sites (tertiary alicyclic amines) is 1. The smallest absolute Gasteiger partial charge is 0.242 e. The average Bonchev–Trinajstić information content (AvgIpc) is 3.21. The molecule has 12 heteroatoms. The molecule has 1 aliphatic rings. The number of anilines is 1. The summed E-state index contributed by atoms with van der Waals surface area (Å²) < 4.78 is 27.0. The van der Waals surface area contributed by atoms with Gasteiger partial charge in [0.25, 0.3) is 0 Å². The second-order valence-electron chi connectivity index (χ2n) is 6.47. The lowest BCUT2D eigenvalue weighted by atomic mass is 9.96. The molecule has 2 N–H and O–H groups in total. The molecule has 1 aromatic heterocycles. The summed E-state index contributed by atoms with van der Waals surface area (Å²) in [5.41, 5.74) is 1.54. The highest BCUT2D eigenvalue weighted by Crippen LogP contribution is 2.21. The fourth-order valence-corrected chi connectivity index (χ4v) is 5.01. The second kappa shape index (κ2) is 9.61. The van der Waals surface area contributed by atoms with Crippen molar-refractivity contribution < 1.29 is 18.0 Å². The van der Waals surface area contributed by atoms with Crippen molar-refractivity contribution in [3.05, 3.63) is 34.8 Å². The zero-order valence-corrected chi connectivity index (χ0v) is 17.8. The standard InChI is InChI=1S/C17H20ClN5O4S2/c18-13-3-1-2-4-14(13)29(26,27)20-8-5-15(24)23-9-6-12(7-10-23)16(25)21-17-22-19-11-28-17/h1-4,11-12,20H,5-10H2,(H,21,22,25). The predicted octanol–water partition coefficient (Wildman–Crippen LogP) is 1.74. The van der Waals surface area contributed by atoms with Gasteiger partial charge in [0.1, 0.15) is 10.4 Å². The van der Waals surface area contributed by atoms with E-state index in [1.807, 2.05) is 0 Å². The largest absolute Gasteiger partial charge is 0.343 e. The molecule has 2 aromatic rings. The molecule has 0 spiro atoms. The van der Waals surface area contributed by atoms with Gasteiger partial charge in [0, 0.05) is 32.0 Å². The van der Waals surface area contributed by atoms with Crippen molar-refractivity contribution in [3.8, 4) is 0 Å². The van der Waals surface area contributed by atoms with Gasteiger partial charge in [-0.2, -0.15) is 0 Å². The fourth-order valence-electron chi connectivity index (χ4n) is 3.02. The first-order valence-electron chi connectivity index (χ1n) is 8.96. The Morgan fingerprint density at radius 1 is 1.24 bits per heavy atom. The Bertz CT molecular complexity index is 960. The summed E-state index contributed by atoms with van der Waals surface area (Å²) in [7, 11) is -3.78. The molecule has 2 amide bonds. The molecule has 1 aromatic carbocycles. The maximum Gasteiger partial charge on any atom is 0.242 e. The zero-order valence-electron chi connectivity index (χ0n) is 15.4. The molecule has 1 aliphatic heterocycles. The highest BCUT2D eigenvalue weighted by molar-refractivity contribution is 7.89. The second-order valence-corrected chi connectivity index (χ2v) is 9.44. The van der Waals surface area contributed by atoms with Gasteiger partial charge in [0.05, 0.1) is 5.02 Å². The fraction of sp³-hybridized carbons (Fsp3) is 0.412. The van der Waals surface area contributed by atoms with Crippen LogP contribution in [0.15, 0.2) is 34.7 Å². The van der Waals surface area contributed by atoms with Crippen LogP contribution in [0.1, 0.15) is 19.3 Å². The van der Waals surface area contributed by atoms with E-state index < -0.39 is 10.0 Å². The summed E-state index contributed by atoms with van der Waals surface area (Å²) in [4.78, 5) is 26.2. The average molecular weight is 458 g/mol. The van der Waals surface area contributed by atoms with Crippen LogP contribution in [0.2, 0.25) is 5.02 Å². The number of aromatic nitrogens is 2. The molecule has 0 bridgehead atoms. The van der Waals surface area contributed by atoms with E-state index in [0.717, 1.165) is 0 Å². The quantitative estimate of drug-likeness (QED) is 0.653. The summed E-state index contributed by atoms with van der Waals surface area (Å²) in [6.45, 7) is 0.873. The maximum atomic E-state index is 12.4. The number of piperidine rings is 1. The lowest BCUT2D eigenvalue weighted by Gasteiger charge is -2.31. The molecule has 0 unspecified atom stereocenters. The summed E-state index contributed by atoms with van der Waals surface area (Å²) in [5, 5.41) is 10.8. The van der Waals surface area contributed by atoms with E-state index in [0.29, 0.717) is 31.1 Å². The normalized spacial score (nSPS) is 15.3. The van der Waals surface area contributed by atoms with Crippen molar-refractivity contribution in [2.24, 2.45) is 5.92 Å². The Balaban J connectivity index is 1.43. The molecule has 1 saturated heterocycles. The lowest BCUT2D eigenvalue weighted by molar-refractivity contribution is -0.134. The molecule has 0 radical (unpaired) electrons. The first kappa shape index (κ1) is 21.6. The summed E-state index contributed by atoms with van der Waals surface area (Å²) in [6.07, 6.45) is 1.12. The molecule has 29 heavy (non-hydrogen) atoms. The van der Waals surface area contributed by atoms with Crippen LogP contribution in [-0.2, 0) is 19.6 Å². The van der Waals surface area contributed by atoms with Crippen LogP contribution in [0.5, 0.6) is 0 Å². The van der Waals surface area contributed by atoms with Crippen LogP contribution in [0.3, 0.4) is 0 Å². The Morgan fingerprint density at radius 2 is 1.97 bits per heavy atom. The van der Waals surface area contributed by atoms with Gasteiger partial charge in [-0.15, -0.1) is 10.2 Å². The van der Waals surface area contributed by atoms with Crippen molar-refractivity contribution in [1.82, 2.24) is 19.8 Å². The highest BCUT2D eigenvalue weighted by atomic mass is 35.5. The van der Waals surface area contributed by atoms with Crippen molar-refractivity contribution in [2.45, 2.75) is 24.2 Å². The van der Waals surface area contributed by atoms with Gasteiger partial charge in [-0.25, -0.2) is 13.1 Å². The van der Waals surface area contributed by atoms with E-state index in [-0.39, 0.29) is 40.6 Å². The third-order valence-corrected chi connectivity index (χ3v) is 7.13. The highest BCUT2D eigenvalue weighted by Gasteiger charge is 2.28. The summed E-state index contributed by atoms with van der Waals surface area (Å²) in [5.74, 6) is -0.474. The number of nitrogens with zero attached hydrogens (tertiary/aromatic N) is 3. The number of amides is 2. The van der Waals surface area contributed by atoms with E-state index >= 15 is 0 Å². The van der Waals surface area contributed by atoms with E-state index in [1.54, 1.807) is 17.0 Å². The van der Waals surface area contributed by atoms with Crippen LogP contribution in [0, 0.1) is 5.92 Å². The number of hydrogen-bond donors (Lipinski definition) is 2. The molecule has 0 atom stereocenters. The molecular formula is C17H20ClN5O4S2. The Morgan fingerprint density at radius 3 is 2.62 bits per heavy atom. The number of sulfonamides is 1. The lowest BCUT2D eigenvalue weighted by Crippen LogP contribution is -2.42. The Kier molecular flexibility index (Phi) is 7.17. The molecule has 0 saturated carbocycles. The van der Waals surface area contributed by atoms with Crippen molar-refractivity contribution in [3.63, 3.8) is 0 Å². The monoisotopic (exact) mass is 457 g/mol. The van der Waals surface area contributed by atoms with E-state index in [4.69, 9.17) is 11.6 Å².